The third-order valence-electron chi connectivity index (χ3n) is 2.62. The van der Waals surface area contributed by atoms with Gasteiger partial charge in [0.25, 0.3) is 0 Å². The second kappa shape index (κ2) is 4.45. The normalized spacial score (nSPS) is 13.2. The Morgan fingerprint density at radius 1 is 1.40 bits per heavy atom. The van der Waals surface area contributed by atoms with Crippen LogP contribution in [0.3, 0.4) is 0 Å². The minimum absolute atomic E-state index is 0.210. The highest BCUT2D eigenvalue weighted by molar-refractivity contribution is 5.74. The van der Waals surface area contributed by atoms with Gasteiger partial charge in [0, 0.05) is 6.42 Å². The number of aromatic nitrogens is 2. The Morgan fingerprint density at radius 3 is 2.93 bits per heavy atom. The van der Waals surface area contributed by atoms with Gasteiger partial charge >= 0.3 is 0 Å². The SMILES string of the molecule is CC[C@@H](O)CCc1nc2ccccc2[nH]1. The summed E-state index contributed by atoms with van der Waals surface area (Å²) in [7, 11) is 0. The summed E-state index contributed by atoms with van der Waals surface area (Å²) in [6, 6.07) is 7.98. The molecular weight excluding hydrogens is 188 g/mol. The zero-order valence-electron chi connectivity index (χ0n) is 8.90. The van der Waals surface area contributed by atoms with Gasteiger partial charge in [-0.05, 0) is 25.0 Å². The molecule has 2 rings (SSSR count). The van der Waals surface area contributed by atoms with Crippen LogP contribution in [-0.4, -0.2) is 21.2 Å². The molecule has 1 atom stereocenters. The summed E-state index contributed by atoms with van der Waals surface area (Å²) < 4.78 is 0. The summed E-state index contributed by atoms with van der Waals surface area (Å²) in [6.45, 7) is 1.99. The van der Waals surface area contributed by atoms with E-state index in [1.165, 1.54) is 0 Å². The monoisotopic (exact) mass is 204 g/mol. The molecule has 0 saturated heterocycles. The van der Waals surface area contributed by atoms with Crippen molar-refractivity contribution in [3.8, 4) is 0 Å². The van der Waals surface area contributed by atoms with Crippen LogP contribution in [0.2, 0.25) is 0 Å². The Hall–Kier alpha value is -1.35. The lowest BCUT2D eigenvalue weighted by Gasteiger charge is -2.04. The number of para-hydroxylation sites is 2. The summed E-state index contributed by atoms with van der Waals surface area (Å²) in [5.41, 5.74) is 2.07. The molecule has 3 nitrogen and oxygen atoms in total. The molecule has 0 aliphatic heterocycles. The molecule has 0 unspecified atom stereocenters. The van der Waals surface area contributed by atoms with Gasteiger partial charge in [-0.1, -0.05) is 19.1 Å². The molecule has 1 aromatic carbocycles. The topological polar surface area (TPSA) is 48.9 Å². The van der Waals surface area contributed by atoms with Crippen LogP contribution in [0.1, 0.15) is 25.6 Å². The van der Waals surface area contributed by atoms with Crippen molar-refractivity contribution in [3.05, 3.63) is 30.1 Å². The number of hydrogen-bond acceptors (Lipinski definition) is 2. The number of nitrogens with one attached hydrogen (secondary N) is 1. The molecular formula is C12H16N2O. The van der Waals surface area contributed by atoms with Crippen LogP contribution in [0.5, 0.6) is 0 Å². The minimum Gasteiger partial charge on any atom is -0.393 e. The van der Waals surface area contributed by atoms with E-state index in [-0.39, 0.29) is 6.10 Å². The number of aliphatic hydroxyl groups excluding tert-OH is 1. The van der Waals surface area contributed by atoms with Crippen LogP contribution in [0, 0.1) is 0 Å². The van der Waals surface area contributed by atoms with Crippen LogP contribution in [0.25, 0.3) is 11.0 Å². The highest BCUT2D eigenvalue weighted by atomic mass is 16.3. The molecule has 0 aliphatic carbocycles. The predicted octanol–water partition coefficient (Wildman–Crippen LogP) is 2.27. The third kappa shape index (κ3) is 2.36. The standard InChI is InChI=1S/C12H16N2O/c1-2-9(15)7-8-12-13-10-5-3-4-6-11(10)14-12/h3-6,9,15H,2,7-8H2,1H3,(H,13,14)/t9-/m1/s1. The number of aromatic amines is 1. The van der Waals surface area contributed by atoms with E-state index in [1.807, 2.05) is 31.2 Å². The van der Waals surface area contributed by atoms with E-state index in [0.29, 0.717) is 0 Å². The number of aryl methyl sites for hydroxylation is 1. The van der Waals surface area contributed by atoms with E-state index in [4.69, 9.17) is 0 Å². The first-order valence-corrected chi connectivity index (χ1v) is 5.41. The van der Waals surface area contributed by atoms with Gasteiger partial charge in [-0.2, -0.15) is 0 Å². The lowest BCUT2D eigenvalue weighted by atomic mass is 10.1. The number of rotatable bonds is 4. The largest absolute Gasteiger partial charge is 0.393 e. The summed E-state index contributed by atoms with van der Waals surface area (Å²) in [5, 5.41) is 9.45. The minimum atomic E-state index is -0.210. The number of imidazole rings is 1. The molecule has 0 aliphatic rings. The predicted molar refractivity (Wildman–Crippen MR) is 60.7 cm³/mol. The average molecular weight is 204 g/mol. The van der Waals surface area contributed by atoms with Crippen LogP contribution in [0.15, 0.2) is 24.3 Å². The van der Waals surface area contributed by atoms with Gasteiger partial charge in [0.15, 0.2) is 0 Å². The molecule has 0 radical (unpaired) electrons. The van der Waals surface area contributed by atoms with Gasteiger partial charge < -0.3 is 10.1 Å². The average Bonchev–Trinajstić information content (AvgIpc) is 2.68. The molecule has 80 valence electrons. The highest BCUT2D eigenvalue weighted by Gasteiger charge is 2.05. The Labute approximate surface area is 89.2 Å². The number of H-pyrrole nitrogens is 1. The van der Waals surface area contributed by atoms with Crippen LogP contribution < -0.4 is 0 Å². The lowest BCUT2D eigenvalue weighted by molar-refractivity contribution is 0.160. The third-order valence-corrected chi connectivity index (χ3v) is 2.62. The van der Waals surface area contributed by atoms with Gasteiger partial charge in [-0.25, -0.2) is 4.98 Å². The van der Waals surface area contributed by atoms with Crippen molar-refractivity contribution < 1.29 is 5.11 Å². The van der Waals surface area contributed by atoms with Crippen LogP contribution in [0.4, 0.5) is 0 Å². The van der Waals surface area contributed by atoms with E-state index in [0.717, 1.165) is 36.1 Å². The maximum atomic E-state index is 9.45. The van der Waals surface area contributed by atoms with Gasteiger partial charge in [0.2, 0.25) is 0 Å². The first-order valence-electron chi connectivity index (χ1n) is 5.41. The Morgan fingerprint density at radius 2 is 2.20 bits per heavy atom. The Balaban J connectivity index is 2.09. The van der Waals surface area contributed by atoms with Crippen LogP contribution >= 0.6 is 0 Å². The smallest absolute Gasteiger partial charge is 0.107 e. The van der Waals surface area contributed by atoms with E-state index in [1.54, 1.807) is 0 Å². The molecule has 0 spiro atoms. The number of nitrogens with zero attached hydrogens (tertiary/aromatic N) is 1. The zero-order chi connectivity index (χ0) is 10.7. The van der Waals surface area contributed by atoms with Crippen molar-refractivity contribution in [1.82, 2.24) is 9.97 Å². The maximum Gasteiger partial charge on any atom is 0.107 e. The molecule has 1 heterocycles. The number of fused-ring (bicyclic) bond motifs is 1. The lowest BCUT2D eigenvalue weighted by Crippen LogP contribution is -2.06. The molecule has 1 aromatic heterocycles. The van der Waals surface area contributed by atoms with E-state index < -0.39 is 0 Å². The Bertz CT molecular complexity index is 403. The molecule has 2 aromatic rings. The van der Waals surface area contributed by atoms with E-state index >= 15 is 0 Å². The van der Waals surface area contributed by atoms with Gasteiger partial charge in [0.1, 0.15) is 5.82 Å². The molecule has 0 fully saturated rings. The second-order valence-electron chi connectivity index (χ2n) is 3.80. The van der Waals surface area contributed by atoms with Crippen LogP contribution in [-0.2, 0) is 6.42 Å². The first-order chi connectivity index (χ1) is 7.29. The van der Waals surface area contributed by atoms with Crippen molar-refractivity contribution in [3.63, 3.8) is 0 Å². The zero-order valence-corrected chi connectivity index (χ0v) is 8.90. The van der Waals surface area contributed by atoms with E-state index in [9.17, 15) is 5.11 Å². The number of benzene rings is 1. The maximum absolute atomic E-state index is 9.45. The first kappa shape index (κ1) is 10.2. The van der Waals surface area contributed by atoms with Crippen molar-refractivity contribution in [2.45, 2.75) is 32.3 Å². The molecule has 3 heteroatoms. The molecule has 15 heavy (non-hydrogen) atoms. The Kier molecular flexibility index (Phi) is 3.02. The van der Waals surface area contributed by atoms with Crippen molar-refractivity contribution in [2.24, 2.45) is 0 Å². The number of hydrogen-bond donors (Lipinski definition) is 2. The molecule has 2 N–H and O–H groups in total. The van der Waals surface area contributed by atoms with Gasteiger partial charge in [-0.15, -0.1) is 0 Å². The van der Waals surface area contributed by atoms with Crippen molar-refractivity contribution >= 4 is 11.0 Å². The molecule has 0 saturated carbocycles. The fourth-order valence-corrected chi connectivity index (χ4v) is 1.63. The number of aliphatic hydroxyl groups is 1. The highest BCUT2D eigenvalue weighted by Crippen LogP contribution is 2.12. The summed E-state index contributed by atoms with van der Waals surface area (Å²) in [4.78, 5) is 7.71. The second-order valence-corrected chi connectivity index (χ2v) is 3.80. The van der Waals surface area contributed by atoms with Gasteiger partial charge in [-0.3, -0.25) is 0 Å². The summed E-state index contributed by atoms with van der Waals surface area (Å²) in [5.74, 6) is 0.962. The van der Waals surface area contributed by atoms with Crippen molar-refractivity contribution in [1.29, 1.82) is 0 Å². The fraction of sp³-hybridized carbons (Fsp3) is 0.417. The summed E-state index contributed by atoms with van der Waals surface area (Å²) in [6.07, 6.45) is 2.18. The fourth-order valence-electron chi connectivity index (χ4n) is 1.63. The van der Waals surface area contributed by atoms with E-state index in [2.05, 4.69) is 9.97 Å². The van der Waals surface area contributed by atoms with Crippen molar-refractivity contribution in [2.75, 3.05) is 0 Å². The molecule has 0 bridgehead atoms. The summed E-state index contributed by atoms with van der Waals surface area (Å²) >= 11 is 0. The van der Waals surface area contributed by atoms with Gasteiger partial charge in [0.05, 0.1) is 17.1 Å². The molecule has 0 amide bonds. The quantitative estimate of drug-likeness (QED) is 0.802.